The third kappa shape index (κ3) is 3.34. The molecule has 0 atom stereocenters. The highest BCUT2D eigenvalue weighted by atomic mass is 35.5. The van der Waals surface area contributed by atoms with Gasteiger partial charge in [-0.05, 0) is 43.2 Å². The summed E-state index contributed by atoms with van der Waals surface area (Å²) in [5.41, 5.74) is 3.07. The summed E-state index contributed by atoms with van der Waals surface area (Å²) in [7, 11) is 0. The summed E-state index contributed by atoms with van der Waals surface area (Å²) in [4.78, 5) is 24.3. The molecular formula is C17H15ClO2. The Balaban J connectivity index is 2.18. The van der Waals surface area contributed by atoms with Crippen molar-refractivity contribution in [1.82, 2.24) is 0 Å². The molecule has 0 radical (unpaired) electrons. The number of carbonyl (C=O) groups excluding carboxylic acids is 2. The molecule has 0 aliphatic heterocycles. The molecule has 20 heavy (non-hydrogen) atoms. The lowest BCUT2D eigenvalue weighted by atomic mass is 9.97. The van der Waals surface area contributed by atoms with E-state index < -0.39 is 11.6 Å². The molecule has 2 rings (SSSR count). The zero-order valence-corrected chi connectivity index (χ0v) is 12.2. The largest absolute Gasteiger partial charge is 0.290 e. The minimum Gasteiger partial charge on any atom is -0.290 e. The maximum atomic E-state index is 12.2. The monoisotopic (exact) mass is 286 g/mol. The molecule has 2 aromatic rings. The molecule has 2 nitrogen and oxygen atoms in total. The van der Waals surface area contributed by atoms with Gasteiger partial charge in [0.05, 0.1) is 0 Å². The highest BCUT2D eigenvalue weighted by Gasteiger charge is 2.18. The number of hydrogen-bond acceptors (Lipinski definition) is 2. The Hall–Kier alpha value is -1.93. The number of Topliss-reactive ketones (excluding diaryl/α,β-unsaturated/α-hetero) is 2. The first kappa shape index (κ1) is 14.5. The van der Waals surface area contributed by atoms with Crippen LogP contribution in [0.5, 0.6) is 0 Å². The Labute approximate surface area is 123 Å². The lowest BCUT2D eigenvalue weighted by Gasteiger charge is -2.06. The van der Waals surface area contributed by atoms with E-state index in [1.165, 1.54) is 0 Å². The van der Waals surface area contributed by atoms with Gasteiger partial charge in [0.25, 0.3) is 0 Å². The van der Waals surface area contributed by atoms with E-state index in [2.05, 4.69) is 0 Å². The third-order valence-corrected chi connectivity index (χ3v) is 3.42. The number of halogens is 1. The van der Waals surface area contributed by atoms with Crippen molar-refractivity contribution >= 4 is 23.2 Å². The number of hydrogen-bond donors (Lipinski definition) is 0. The molecule has 3 heteroatoms. The highest BCUT2D eigenvalue weighted by Crippen LogP contribution is 2.14. The Kier molecular flexibility index (Phi) is 4.35. The summed E-state index contributed by atoms with van der Waals surface area (Å²) in [5.74, 6) is -0.831. The molecule has 2 aromatic carbocycles. The van der Waals surface area contributed by atoms with Crippen LogP contribution in [-0.2, 0) is 11.2 Å². The second-order valence-electron chi connectivity index (χ2n) is 4.87. The first-order valence-corrected chi connectivity index (χ1v) is 6.74. The van der Waals surface area contributed by atoms with E-state index in [0.29, 0.717) is 10.6 Å². The third-order valence-electron chi connectivity index (χ3n) is 3.17. The average Bonchev–Trinajstić information content (AvgIpc) is 2.43. The average molecular weight is 287 g/mol. The number of carbonyl (C=O) groups is 2. The first-order chi connectivity index (χ1) is 9.47. The van der Waals surface area contributed by atoms with Gasteiger partial charge >= 0.3 is 0 Å². The molecule has 0 bridgehead atoms. The van der Waals surface area contributed by atoms with Crippen LogP contribution in [0, 0.1) is 13.8 Å². The van der Waals surface area contributed by atoms with Crippen molar-refractivity contribution in [3.63, 3.8) is 0 Å². The Morgan fingerprint density at radius 3 is 2.30 bits per heavy atom. The minimum atomic E-state index is -0.429. The number of rotatable bonds is 4. The summed E-state index contributed by atoms with van der Waals surface area (Å²) >= 11 is 5.79. The molecule has 0 fully saturated rings. The summed E-state index contributed by atoms with van der Waals surface area (Å²) in [6.45, 7) is 3.74. The van der Waals surface area contributed by atoms with E-state index in [0.717, 1.165) is 16.7 Å². The predicted octanol–water partition coefficient (Wildman–Crippen LogP) is 3.95. The minimum absolute atomic E-state index is 0.101. The maximum Gasteiger partial charge on any atom is 0.229 e. The molecular weight excluding hydrogens is 272 g/mol. The molecule has 0 saturated carbocycles. The van der Waals surface area contributed by atoms with Crippen LogP contribution in [0.4, 0.5) is 0 Å². The lowest BCUT2D eigenvalue weighted by molar-refractivity contribution is -0.114. The second-order valence-corrected chi connectivity index (χ2v) is 5.31. The van der Waals surface area contributed by atoms with E-state index in [4.69, 9.17) is 11.6 Å². The second kappa shape index (κ2) is 6.02. The molecule has 0 heterocycles. The zero-order chi connectivity index (χ0) is 14.7. The maximum absolute atomic E-state index is 12.2. The van der Waals surface area contributed by atoms with E-state index >= 15 is 0 Å². The van der Waals surface area contributed by atoms with Gasteiger partial charge in [-0.25, -0.2) is 0 Å². The van der Waals surface area contributed by atoms with Gasteiger partial charge in [0.2, 0.25) is 11.6 Å². The van der Waals surface area contributed by atoms with Crippen LogP contribution in [-0.4, -0.2) is 11.6 Å². The fraction of sp³-hybridized carbons (Fsp3) is 0.176. The SMILES string of the molecule is Cc1ccc(C)c(C(=O)C(=O)Cc2ccc(Cl)cc2)c1. The summed E-state index contributed by atoms with van der Waals surface area (Å²) in [5, 5.41) is 0.613. The molecule has 0 aliphatic rings. The van der Waals surface area contributed by atoms with Crippen molar-refractivity contribution in [3.8, 4) is 0 Å². The molecule has 0 unspecified atom stereocenters. The van der Waals surface area contributed by atoms with Crippen LogP contribution >= 0.6 is 11.6 Å². The molecule has 0 N–H and O–H groups in total. The summed E-state index contributed by atoms with van der Waals surface area (Å²) in [6.07, 6.45) is 0.101. The highest BCUT2D eigenvalue weighted by molar-refractivity contribution is 6.44. The summed E-state index contributed by atoms with van der Waals surface area (Å²) < 4.78 is 0. The fourth-order valence-electron chi connectivity index (χ4n) is 2.00. The zero-order valence-electron chi connectivity index (χ0n) is 11.4. The van der Waals surface area contributed by atoms with Gasteiger partial charge in [-0.3, -0.25) is 9.59 Å². The Morgan fingerprint density at radius 2 is 1.65 bits per heavy atom. The van der Waals surface area contributed by atoms with Gasteiger partial charge in [0.1, 0.15) is 0 Å². The molecule has 0 aromatic heterocycles. The quantitative estimate of drug-likeness (QED) is 0.630. The van der Waals surface area contributed by atoms with Gasteiger partial charge in [0.15, 0.2) is 0 Å². The van der Waals surface area contributed by atoms with Crippen LogP contribution in [0.2, 0.25) is 5.02 Å². The van der Waals surface area contributed by atoms with Gasteiger partial charge in [-0.1, -0.05) is 41.4 Å². The van der Waals surface area contributed by atoms with Crippen molar-refractivity contribution in [2.45, 2.75) is 20.3 Å². The predicted molar refractivity (Wildman–Crippen MR) is 80.4 cm³/mol. The normalized spacial score (nSPS) is 10.3. The van der Waals surface area contributed by atoms with Gasteiger partial charge in [-0.2, -0.15) is 0 Å². The van der Waals surface area contributed by atoms with E-state index in [1.807, 2.05) is 26.0 Å². The molecule has 0 amide bonds. The van der Waals surface area contributed by atoms with Crippen molar-refractivity contribution in [2.24, 2.45) is 0 Å². The van der Waals surface area contributed by atoms with Crippen molar-refractivity contribution in [1.29, 1.82) is 0 Å². The smallest absolute Gasteiger partial charge is 0.229 e. The van der Waals surface area contributed by atoms with Crippen LogP contribution < -0.4 is 0 Å². The van der Waals surface area contributed by atoms with E-state index in [-0.39, 0.29) is 6.42 Å². The van der Waals surface area contributed by atoms with E-state index in [9.17, 15) is 9.59 Å². The van der Waals surface area contributed by atoms with Crippen molar-refractivity contribution in [3.05, 3.63) is 69.7 Å². The van der Waals surface area contributed by atoms with Gasteiger partial charge < -0.3 is 0 Å². The Bertz CT molecular complexity index is 657. The van der Waals surface area contributed by atoms with Crippen LogP contribution in [0.1, 0.15) is 27.0 Å². The lowest BCUT2D eigenvalue weighted by Crippen LogP contribution is -2.17. The molecule has 0 saturated heterocycles. The number of aryl methyl sites for hydroxylation is 2. The standard InChI is InChI=1S/C17H15ClO2/c1-11-3-4-12(2)15(9-11)17(20)16(19)10-13-5-7-14(18)8-6-13/h3-9H,10H2,1-2H3. The fourth-order valence-corrected chi connectivity index (χ4v) is 2.12. The van der Waals surface area contributed by atoms with E-state index in [1.54, 1.807) is 30.3 Å². The van der Waals surface area contributed by atoms with Crippen LogP contribution in [0.3, 0.4) is 0 Å². The number of benzene rings is 2. The first-order valence-electron chi connectivity index (χ1n) is 6.36. The van der Waals surface area contributed by atoms with Crippen molar-refractivity contribution < 1.29 is 9.59 Å². The number of ketones is 2. The molecule has 0 aliphatic carbocycles. The van der Waals surface area contributed by atoms with Gasteiger partial charge in [0, 0.05) is 17.0 Å². The van der Waals surface area contributed by atoms with Crippen molar-refractivity contribution in [2.75, 3.05) is 0 Å². The van der Waals surface area contributed by atoms with Crippen LogP contribution in [0.15, 0.2) is 42.5 Å². The Morgan fingerprint density at radius 1 is 1.00 bits per heavy atom. The summed E-state index contributed by atoms with van der Waals surface area (Å²) in [6, 6.07) is 12.5. The van der Waals surface area contributed by atoms with Gasteiger partial charge in [-0.15, -0.1) is 0 Å². The topological polar surface area (TPSA) is 34.1 Å². The molecule has 102 valence electrons. The van der Waals surface area contributed by atoms with Crippen LogP contribution in [0.25, 0.3) is 0 Å². The molecule has 0 spiro atoms.